The fraction of sp³-hybridized carbons (Fsp3) is 0.706. The van der Waals surface area contributed by atoms with Gasteiger partial charge in [0, 0.05) is 38.1 Å². The summed E-state index contributed by atoms with van der Waals surface area (Å²) in [6, 6.07) is 0.278. The van der Waals surface area contributed by atoms with Crippen LogP contribution in [0.2, 0.25) is 0 Å². The SMILES string of the molecule is O=C(C1CCN(c2ncc([N+](=O)[O-])c(NC3CC3)n2)CC1)N1CCCC1. The molecule has 1 saturated carbocycles. The molecule has 9 nitrogen and oxygen atoms in total. The van der Waals surface area contributed by atoms with E-state index in [1.165, 1.54) is 6.20 Å². The van der Waals surface area contributed by atoms with Crippen molar-refractivity contribution in [1.82, 2.24) is 14.9 Å². The summed E-state index contributed by atoms with van der Waals surface area (Å²) in [5.41, 5.74) is -0.0836. The van der Waals surface area contributed by atoms with Gasteiger partial charge in [0.05, 0.1) is 4.92 Å². The fourth-order valence-electron chi connectivity index (χ4n) is 3.70. The number of hydrogen-bond acceptors (Lipinski definition) is 7. The number of hydrogen-bond donors (Lipinski definition) is 1. The minimum absolute atomic E-state index is 0.0754. The Labute approximate surface area is 151 Å². The van der Waals surface area contributed by atoms with Gasteiger partial charge in [-0.15, -0.1) is 0 Å². The van der Waals surface area contributed by atoms with E-state index in [0.29, 0.717) is 24.9 Å². The molecule has 1 aliphatic carbocycles. The lowest BCUT2D eigenvalue weighted by molar-refractivity contribution is -0.384. The number of nitrogens with zero attached hydrogens (tertiary/aromatic N) is 5. The van der Waals surface area contributed by atoms with E-state index in [1.54, 1.807) is 0 Å². The number of aromatic nitrogens is 2. The Morgan fingerprint density at radius 2 is 1.85 bits per heavy atom. The highest BCUT2D eigenvalue weighted by Gasteiger charge is 2.32. The minimum Gasteiger partial charge on any atom is -0.361 e. The van der Waals surface area contributed by atoms with Crippen molar-refractivity contribution >= 4 is 23.4 Å². The summed E-state index contributed by atoms with van der Waals surface area (Å²) in [4.78, 5) is 35.9. The van der Waals surface area contributed by atoms with E-state index in [2.05, 4.69) is 15.3 Å². The molecule has 0 spiro atoms. The van der Waals surface area contributed by atoms with Crippen LogP contribution >= 0.6 is 0 Å². The van der Waals surface area contributed by atoms with Crippen LogP contribution in [-0.2, 0) is 4.79 Å². The number of anilines is 2. The zero-order valence-corrected chi connectivity index (χ0v) is 14.8. The van der Waals surface area contributed by atoms with Crippen LogP contribution in [0.3, 0.4) is 0 Å². The summed E-state index contributed by atoms with van der Waals surface area (Å²) in [6.45, 7) is 3.18. The van der Waals surface area contributed by atoms with E-state index >= 15 is 0 Å². The van der Waals surface area contributed by atoms with Gasteiger partial charge in [0.25, 0.3) is 0 Å². The predicted molar refractivity (Wildman–Crippen MR) is 96.1 cm³/mol. The van der Waals surface area contributed by atoms with Crippen molar-refractivity contribution in [3.05, 3.63) is 16.3 Å². The number of carbonyl (C=O) groups excluding carboxylic acids is 1. The summed E-state index contributed by atoms with van der Waals surface area (Å²) >= 11 is 0. The van der Waals surface area contributed by atoms with E-state index in [1.807, 2.05) is 9.80 Å². The molecule has 1 N–H and O–H groups in total. The summed E-state index contributed by atoms with van der Waals surface area (Å²) in [5, 5.41) is 14.3. The van der Waals surface area contributed by atoms with Gasteiger partial charge in [0.2, 0.25) is 17.7 Å². The van der Waals surface area contributed by atoms with Crippen LogP contribution < -0.4 is 10.2 Å². The van der Waals surface area contributed by atoms with Crippen LogP contribution in [0.4, 0.5) is 17.5 Å². The van der Waals surface area contributed by atoms with Gasteiger partial charge in [0.1, 0.15) is 6.20 Å². The van der Waals surface area contributed by atoms with Crippen molar-refractivity contribution in [2.24, 2.45) is 5.92 Å². The number of rotatable bonds is 5. The smallest absolute Gasteiger partial charge is 0.329 e. The van der Waals surface area contributed by atoms with Gasteiger partial charge in [-0.1, -0.05) is 0 Å². The number of likely N-dealkylation sites (tertiary alicyclic amines) is 1. The molecular formula is C17H24N6O3. The second-order valence-corrected chi connectivity index (χ2v) is 7.37. The third-order valence-electron chi connectivity index (χ3n) is 5.42. The van der Waals surface area contributed by atoms with Gasteiger partial charge in [-0.25, -0.2) is 4.98 Å². The molecule has 9 heteroatoms. The molecule has 2 saturated heterocycles. The Morgan fingerprint density at radius 3 is 2.46 bits per heavy atom. The minimum atomic E-state index is -0.449. The second kappa shape index (κ2) is 7.05. The summed E-state index contributed by atoms with van der Waals surface area (Å²) in [7, 11) is 0. The van der Waals surface area contributed by atoms with Gasteiger partial charge < -0.3 is 15.1 Å². The van der Waals surface area contributed by atoms with Gasteiger partial charge in [-0.3, -0.25) is 14.9 Å². The molecule has 1 amide bonds. The molecule has 1 aromatic heterocycles. The predicted octanol–water partition coefficient (Wildman–Crippen LogP) is 1.80. The zero-order chi connectivity index (χ0) is 18.1. The maximum Gasteiger partial charge on any atom is 0.329 e. The Hall–Kier alpha value is -2.45. The third kappa shape index (κ3) is 3.56. The largest absolute Gasteiger partial charge is 0.361 e. The zero-order valence-electron chi connectivity index (χ0n) is 14.8. The van der Waals surface area contributed by atoms with Crippen LogP contribution in [0.25, 0.3) is 0 Å². The van der Waals surface area contributed by atoms with E-state index < -0.39 is 4.92 Å². The topological polar surface area (TPSA) is 104 Å². The van der Waals surface area contributed by atoms with Crippen LogP contribution in [0.1, 0.15) is 38.5 Å². The maximum absolute atomic E-state index is 12.5. The molecular weight excluding hydrogens is 336 g/mol. The first-order valence-corrected chi connectivity index (χ1v) is 9.43. The Balaban J connectivity index is 1.42. The molecule has 26 heavy (non-hydrogen) atoms. The third-order valence-corrected chi connectivity index (χ3v) is 5.42. The van der Waals surface area contributed by atoms with Crippen molar-refractivity contribution < 1.29 is 9.72 Å². The average molecular weight is 360 g/mol. The number of amides is 1. The van der Waals surface area contributed by atoms with Crippen molar-refractivity contribution in [2.75, 3.05) is 36.4 Å². The molecule has 0 radical (unpaired) electrons. The molecule has 0 aromatic carbocycles. The first-order valence-electron chi connectivity index (χ1n) is 9.43. The standard InChI is InChI=1S/C17H24N6O3/c24-16(21-7-1-2-8-21)12-5-9-22(10-6-12)17-18-11-14(23(25)26)15(20-17)19-13-3-4-13/h11-13H,1-10H2,(H,18,19,20). The van der Waals surface area contributed by atoms with Crippen molar-refractivity contribution in [3.63, 3.8) is 0 Å². The summed E-state index contributed by atoms with van der Waals surface area (Å²) in [5.74, 6) is 1.16. The molecule has 3 fully saturated rings. The van der Waals surface area contributed by atoms with E-state index in [-0.39, 0.29) is 23.6 Å². The average Bonchev–Trinajstić information content (AvgIpc) is 3.30. The highest BCUT2D eigenvalue weighted by molar-refractivity contribution is 5.79. The monoisotopic (exact) mass is 360 g/mol. The lowest BCUT2D eigenvalue weighted by Crippen LogP contribution is -2.42. The van der Waals surface area contributed by atoms with E-state index in [4.69, 9.17) is 0 Å². The van der Waals surface area contributed by atoms with Crippen molar-refractivity contribution in [2.45, 2.75) is 44.6 Å². The number of carbonyl (C=O) groups is 1. The van der Waals surface area contributed by atoms with Crippen molar-refractivity contribution in [1.29, 1.82) is 0 Å². The summed E-state index contributed by atoms with van der Waals surface area (Å²) < 4.78 is 0. The molecule has 3 heterocycles. The molecule has 0 atom stereocenters. The summed E-state index contributed by atoms with van der Waals surface area (Å²) in [6.07, 6.45) is 7.09. The number of nitro groups is 1. The van der Waals surface area contributed by atoms with E-state index in [0.717, 1.165) is 51.6 Å². The molecule has 0 bridgehead atoms. The Kier molecular flexibility index (Phi) is 4.60. The van der Waals surface area contributed by atoms with Gasteiger partial charge >= 0.3 is 5.69 Å². The molecule has 2 aliphatic heterocycles. The van der Waals surface area contributed by atoms with Crippen molar-refractivity contribution in [3.8, 4) is 0 Å². The van der Waals surface area contributed by atoms with Crippen LogP contribution in [0.15, 0.2) is 6.20 Å². The van der Waals surface area contributed by atoms with E-state index in [9.17, 15) is 14.9 Å². The highest BCUT2D eigenvalue weighted by atomic mass is 16.6. The molecule has 140 valence electrons. The van der Waals surface area contributed by atoms with Crippen LogP contribution in [-0.4, -0.2) is 57.9 Å². The number of piperidine rings is 1. The molecule has 3 aliphatic rings. The first-order chi connectivity index (χ1) is 12.6. The molecule has 0 unspecified atom stereocenters. The quantitative estimate of drug-likeness (QED) is 0.630. The number of nitrogens with one attached hydrogen (secondary N) is 1. The van der Waals surface area contributed by atoms with Gasteiger partial charge in [0.15, 0.2) is 0 Å². The fourth-order valence-corrected chi connectivity index (χ4v) is 3.70. The highest BCUT2D eigenvalue weighted by Crippen LogP contribution is 2.31. The lowest BCUT2D eigenvalue weighted by atomic mass is 9.95. The molecule has 1 aromatic rings. The Bertz CT molecular complexity index is 694. The lowest BCUT2D eigenvalue weighted by Gasteiger charge is -2.33. The Morgan fingerprint density at radius 1 is 1.15 bits per heavy atom. The van der Waals surface area contributed by atoms with Crippen LogP contribution in [0, 0.1) is 16.0 Å². The first kappa shape index (κ1) is 17.0. The normalized spacial score (nSPS) is 21.1. The maximum atomic E-state index is 12.5. The van der Waals surface area contributed by atoms with Crippen LogP contribution in [0.5, 0.6) is 0 Å². The second-order valence-electron chi connectivity index (χ2n) is 7.37. The van der Waals surface area contributed by atoms with Gasteiger partial charge in [-0.05, 0) is 38.5 Å². The molecule has 4 rings (SSSR count). The van der Waals surface area contributed by atoms with Gasteiger partial charge in [-0.2, -0.15) is 4.98 Å².